The van der Waals surface area contributed by atoms with Crippen molar-refractivity contribution < 1.29 is 24.0 Å². The first kappa shape index (κ1) is 14.4. The Balaban J connectivity index is 3.07. The van der Waals surface area contributed by atoms with E-state index >= 15 is 0 Å². The van der Waals surface area contributed by atoms with Crippen molar-refractivity contribution in [3.63, 3.8) is 0 Å². The van der Waals surface area contributed by atoms with E-state index in [2.05, 4.69) is 5.32 Å². The third-order valence-corrected chi connectivity index (χ3v) is 2.20. The molecule has 0 saturated heterocycles. The van der Waals surface area contributed by atoms with Crippen LogP contribution in [-0.2, 0) is 4.79 Å². The summed E-state index contributed by atoms with van der Waals surface area (Å²) < 4.78 is 13.5. The summed E-state index contributed by atoms with van der Waals surface area (Å²) in [5.41, 5.74) is 3.15. The van der Waals surface area contributed by atoms with Crippen molar-refractivity contribution >= 4 is 23.3 Å². The minimum absolute atomic E-state index is 0.0108. The van der Waals surface area contributed by atoms with Crippen molar-refractivity contribution in [3.05, 3.63) is 33.6 Å². The number of aromatic carboxylic acids is 1. The number of carbonyl (C=O) groups excluding carboxylic acids is 1. The number of amides is 1. The molecule has 1 rings (SSSR count). The number of nitro benzene ring substituents is 1. The Morgan fingerprint density at radius 2 is 2.11 bits per heavy atom. The van der Waals surface area contributed by atoms with Gasteiger partial charge in [0.1, 0.15) is 5.56 Å². The van der Waals surface area contributed by atoms with E-state index in [1.165, 1.54) is 0 Å². The minimum atomic E-state index is -1.55. The molecule has 0 aliphatic carbocycles. The van der Waals surface area contributed by atoms with Crippen molar-refractivity contribution in [2.45, 2.75) is 6.42 Å². The van der Waals surface area contributed by atoms with Crippen LogP contribution in [0.4, 0.5) is 15.8 Å². The van der Waals surface area contributed by atoms with E-state index in [-0.39, 0.29) is 18.7 Å². The second kappa shape index (κ2) is 5.76. The number of carboxylic acid groups (broad SMARTS) is 1. The molecule has 8 nitrogen and oxygen atoms in total. The van der Waals surface area contributed by atoms with Gasteiger partial charge in [-0.25, -0.2) is 9.18 Å². The van der Waals surface area contributed by atoms with Crippen LogP contribution in [0.2, 0.25) is 0 Å². The molecule has 1 aromatic rings. The van der Waals surface area contributed by atoms with E-state index in [9.17, 15) is 24.1 Å². The fraction of sp³-hybridized carbons (Fsp3) is 0.200. The number of nitrogens with zero attached hydrogens (tertiary/aromatic N) is 1. The van der Waals surface area contributed by atoms with Gasteiger partial charge in [0.15, 0.2) is 5.82 Å². The molecule has 0 heterocycles. The van der Waals surface area contributed by atoms with E-state index in [1.807, 2.05) is 0 Å². The second-order valence-corrected chi connectivity index (χ2v) is 3.55. The molecular weight excluding hydrogens is 261 g/mol. The van der Waals surface area contributed by atoms with Crippen LogP contribution in [0, 0.1) is 15.9 Å². The lowest BCUT2D eigenvalue weighted by Gasteiger charge is -2.07. The van der Waals surface area contributed by atoms with Crippen LogP contribution in [0.25, 0.3) is 0 Å². The van der Waals surface area contributed by atoms with Gasteiger partial charge >= 0.3 is 5.97 Å². The first-order valence-corrected chi connectivity index (χ1v) is 5.06. The summed E-state index contributed by atoms with van der Waals surface area (Å²) in [6, 6.07) is 1.31. The van der Waals surface area contributed by atoms with Crippen LogP contribution in [-0.4, -0.2) is 28.5 Å². The van der Waals surface area contributed by atoms with E-state index in [1.54, 1.807) is 0 Å². The third-order valence-electron chi connectivity index (χ3n) is 2.20. The molecule has 1 aromatic carbocycles. The predicted octanol–water partition coefficient (Wildman–Crippen LogP) is 0.719. The molecule has 0 saturated carbocycles. The Hall–Kier alpha value is -2.71. The van der Waals surface area contributed by atoms with Gasteiger partial charge in [0.05, 0.1) is 16.7 Å². The standard InChI is InChI=1S/C10H10FN3O5/c11-6-4-8(14(18)19)5(10(16)17)3-7(6)13-2-1-9(12)15/h3-4,13H,1-2H2,(H2,12,15)(H,16,17). The van der Waals surface area contributed by atoms with E-state index in [4.69, 9.17) is 10.8 Å². The number of halogens is 1. The summed E-state index contributed by atoms with van der Waals surface area (Å²) in [4.78, 5) is 30.9. The number of rotatable bonds is 6. The van der Waals surface area contributed by atoms with Gasteiger partial charge in [0.2, 0.25) is 5.91 Å². The maximum absolute atomic E-state index is 13.5. The van der Waals surface area contributed by atoms with Crippen molar-refractivity contribution in [1.82, 2.24) is 0 Å². The maximum Gasteiger partial charge on any atom is 0.342 e. The van der Waals surface area contributed by atoms with Gasteiger partial charge in [-0.1, -0.05) is 0 Å². The molecule has 102 valence electrons. The van der Waals surface area contributed by atoms with Gasteiger partial charge in [0.25, 0.3) is 5.69 Å². The van der Waals surface area contributed by atoms with Crippen molar-refractivity contribution in [2.24, 2.45) is 5.73 Å². The minimum Gasteiger partial charge on any atom is -0.477 e. The normalized spacial score (nSPS) is 9.95. The number of hydrogen-bond acceptors (Lipinski definition) is 5. The Kier molecular flexibility index (Phi) is 4.35. The zero-order chi connectivity index (χ0) is 14.6. The number of nitro groups is 1. The molecule has 19 heavy (non-hydrogen) atoms. The van der Waals surface area contributed by atoms with Crippen molar-refractivity contribution in [1.29, 1.82) is 0 Å². The highest BCUT2D eigenvalue weighted by molar-refractivity contribution is 5.93. The largest absolute Gasteiger partial charge is 0.477 e. The topological polar surface area (TPSA) is 136 Å². The lowest BCUT2D eigenvalue weighted by molar-refractivity contribution is -0.385. The highest BCUT2D eigenvalue weighted by Crippen LogP contribution is 2.26. The highest BCUT2D eigenvalue weighted by Gasteiger charge is 2.23. The quantitative estimate of drug-likeness (QED) is 0.515. The van der Waals surface area contributed by atoms with Crippen LogP contribution in [0.5, 0.6) is 0 Å². The number of anilines is 1. The van der Waals surface area contributed by atoms with Crippen LogP contribution >= 0.6 is 0 Å². The monoisotopic (exact) mass is 271 g/mol. The molecule has 0 bridgehead atoms. The van der Waals surface area contributed by atoms with Gasteiger partial charge in [-0.05, 0) is 6.07 Å². The summed E-state index contributed by atoms with van der Waals surface area (Å²) in [6.07, 6.45) is -0.0845. The fourth-order valence-corrected chi connectivity index (χ4v) is 1.34. The summed E-state index contributed by atoms with van der Waals surface area (Å²) in [7, 11) is 0. The van der Waals surface area contributed by atoms with Gasteiger partial charge in [-0.15, -0.1) is 0 Å². The third kappa shape index (κ3) is 3.63. The molecule has 1 amide bonds. The van der Waals surface area contributed by atoms with Crippen LogP contribution < -0.4 is 11.1 Å². The SMILES string of the molecule is NC(=O)CCNc1cc(C(=O)O)c([N+](=O)[O-])cc1F. The second-order valence-electron chi connectivity index (χ2n) is 3.55. The summed E-state index contributed by atoms with van der Waals surface area (Å²) >= 11 is 0. The molecule has 0 aromatic heterocycles. The highest BCUT2D eigenvalue weighted by atomic mass is 19.1. The first-order valence-electron chi connectivity index (χ1n) is 5.06. The maximum atomic E-state index is 13.5. The molecular formula is C10H10FN3O5. The smallest absolute Gasteiger partial charge is 0.342 e. The lowest BCUT2D eigenvalue weighted by atomic mass is 10.1. The Morgan fingerprint density at radius 1 is 1.47 bits per heavy atom. The number of hydrogen-bond donors (Lipinski definition) is 3. The van der Waals surface area contributed by atoms with Crippen LogP contribution in [0.15, 0.2) is 12.1 Å². The Morgan fingerprint density at radius 3 is 2.58 bits per heavy atom. The predicted molar refractivity (Wildman–Crippen MR) is 62.3 cm³/mol. The van der Waals surface area contributed by atoms with Crippen LogP contribution in [0.1, 0.15) is 16.8 Å². The number of nitrogens with one attached hydrogen (secondary N) is 1. The van der Waals surface area contributed by atoms with Crippen molar-refractivity contribution in [2.75, 3.05) is 11.9 Å². The summed E-state index contributed by atoms with van der Waals surface area (Å²) in [5.74, 6) is -3.15. The van der Waals surface area contributed by atoms with E-state index in [0.717, 1.165) is 6.07 Å². The molecule has 0 aliphatic rings. The zero-order valence-electron chi connectivity index (χ0n) is 9.55. The number of carbonyl (C=O) groups is 2. The molecule has 4 N–H and O–H groups in total. The Labute approximate surface area is 106 Å². The number of primary amides is 1. The molecule has 0 unspecified atom stereocenters. The van der Waals surface area contributed by atoms with E-state index < -0.39 is 33.9 Å². The molecule has 0 spiro atoms. The average molecular weight is 271 g/mol. The van der Waals surface area contributed by atoms with Gasteiger partial charge in [-0.2, -0.15) is 0 Å². The van der Waals surface area contributed by atoms with Gasteiger partial charge in [-0.3, -0.25) is 14.9 Å². The summed E-state index contributed by atoms with van der Waals surface area (Å²) in [5, 5.41) is 21.8. The number of benzene rings is 1. The molecule has 0 aliphatic heterocycles. The number of nitrogens with two attached hydrogens (primary N) is 1. The van der Waals surface area contributed by atoms with E-state index in [0.29, 0.717) is 6.07 Å². The first-order chi connectivity index (χ1) is 8.82. The zero-order valence-corrected chi connectivity index (χ0v) is 9.55. The molecule has 0 fully saturated rings. The molecule has 0 atom stereocenters. The average Bonchev–Trinajstić information content (AvgIpc) is 2.29. The van der Waals surface area contributed by atoms with Gasteiger partial charge < -0.3 is 16.2 Å². The van der Waals surface area contributed by atoms with Crippen molar-refractivity contribution in [3.8, 4) is 0 Å². The van der Waals surface area contributed by atoms with Gasteiger partial charge in [0, 0.05) is 13.0 Å². The lowest BCUT2D eigenvalue weighted by Crippen LogP contribution is -2.16. The fourth-order valence-electron chi connectivity index (χ4n) is 1.34. The molecule has 0 radical (unpaired) electrons. The summed E-state index contributed by atoms with van der Waals surface area (Å²) in [6.45, 7) is -0.0108. The Bertz CT molecular complexity index is 546. The van der Waals surface area contributed by atoms with Crippen LogP contribution in [0.3, 0.4) is 0 Å². The number of carboxylic acids is 1. The molecule has 9 heteroatoms.